The molecule has 3 aliphatic rings. The fourth-order valence-corrected chi connectivity index (χ4v) is 4.88. The minimum atomic E-state index is -0.294. The Morgan fingerprint density at radius 3 is 2.62 bits per heavy atom. The Balaban J connectivity index is 1.33. The second-order valence-corrected chi connectivity index (χ2v) is 8.52. The Hall–Kier alpha value is -3.49. The van der Waals surface area contributed by atoms with Gasteiger partial charge >= 0.3 is 0 Å². The number of fused-ring (bicyclic) bond motifs is 1. The fraction of sp³-hybridized carbons (Fsp3) is 0.435. The third kappa shape index (κ3) is 3.57. The van der Waals surface area contributed by atoms with Crippen LogP contribution in [0.5, 0.6) is 0 Å². The lowest BCUT2D eigenvalue weighted by atomic mass is 9.99. The van der Waals surface area contributed by atoms with Crippen LogP contribution in [0.4, 0.5) is 5.69 Å². The molecule has 9 heteroatoms. The molecule has 1 aromatic carbocycles. The number of piperidine rings is 1. The number of carbonyl (C=O) groups excluding carboxylic acids is 4. The number of imide groups is 1. The molecule has 2 saturated heterocycles. The van der Waals surface area contributed by atoms with E-state index in [1.807, 2.05) is 24.3 Å². The van der Waals surface area contributed by atoms with E-state index in [2.05, 4.69) is 10.2 Å². The van der Waals surface area contributed by atoms with E-state index >= 15 is 0 Å². The van der Waals surface area contributed by atoms with Crippen molar-refractivity contribution in [2.75, 3.05) is 24.5 Å². The van der Waals surface area contributed by atoms with Crippen molar-refractivity contribution >= 4 is 29.3 Å². The van der Waals surface area contributed by atoms with E-state index in [0.29, 0.717) is 24.5 Å². The summed E-state index contributed by atoms with van der Waals surface area (Å²) in [5, 5.41) is 7.22. The van der Waals surface area contributed by atoms with Gasteiger partial charge in [0.1, 0.15) is 6.54 Å². The van der Waals surface area contributed by atoms with Crippen molar-refractivity contribution in [2.45, 2.75) is 44.6 Å². The summed E-state index contributed by atoms with van der Waals surface area (Å²) in [4.78, 5) is 54.4. The first-order chi connectivity index (χ1) is 15.5. The first-order valence-corrected chi connectivity index (χ1v) is 11.1. The minimum Gasteiger partial charge on any atom is -0.333 e. The van der Waals surface area contributed by atoms with Crippen molar-refractivity contribution in [1.29, 1.82) is 0 Å². The molecule has 2 fully saturated rings. The van der Waals surface area contributed by atoms with Crippen molar-refractivity contribution in [2.24, 2.45) is 0 Å². The molecular formula is C23H25N5O4. The maximum atomic E-state index is 13.1. The number of para-hydroxylation sites is 1. The van der Waals surface area contributed by atoms with Gasteiger partial charge in [0.15, 0.2) is 5.69 Å². The van der Waals surface area contributed by atoms with Gasteiger partial charge in [0.2, 0.25) is 17.7 Å². The highest BCUT2D eigenvalue weighted by atomic mass is 16.2. The van der Waals surface area contributed by atoms with Gasteiger partial charge in [-0.2, -0.15) is 5.10 Å². The van der Waals surface area contributed by atoms with E-state index in [-0.39, 0.29) is 49.1 Å². The van der Waals surface area contributed by atoms with Crippen LogP contribution < -0.4 is 4.90 Å². The van der Waals surface area contributed by atoms with Crippen LogP contribution >= 0.6 is 0 Å². The first kappa shape index (κ1) is 20.4. The number of hydrogen-bond donors (Lipinski definition) is 1. The Labute approximate surface area is 185 Å². The predicted octanol–water partition coefficient (Wildman–Crippen LogP) is 1.82. The van der Waals surface area contributed by atoms with Crippen LogP contribution in [0.15, 0.2) is 30.3 Å². The number of hydrogen-bond acceptors (Lipinski definition) is 5. The molecule has 1 unspecified atom stereocenters. The molecule has 0 saturated carbocycles. The SMILES string of the molecule is O=C1CCC(=O)N1CC(=O)N1CCCCC1c1cc(C(=O)N2CCc3ccccc32)n[nH]1. The van der Waals surface area contributed by atoms with E-state index in [4.69, 9.17) is 0 Å². The second kappa shape index (κ2) is 8.22. The third-order valence-corrected chi connectivity index (χ3v) is 6.58. The summed E-state index contributed by atoms with van der Waals surface area (Å²) >= 11 is 0. The third-order valence-electron chi connectivity index (χ3n) is 6.58. The highest BCUT2D eigenvalue weighted by molar-refractivity contribution is 6.06. The number of aromatic amines is 1. The molecule has 1 atom stereocenters. The Kier molecular flexibility index (Phi) is 5.24. The normalized spacial score (nSPS) is 20.8. The van der Waals surface area contributed by atoms with Gasteiger partial charge in [-0.1, -0.05) is 18.2 Å². The lowest BCUT2D eigenvalue weighted by Gasteiger charge is -2.35. The van der Waals surface area contributed by atoms with Crippen LogP contribution in [0.2, 0.25) is 0 Å². The number of aromatic nitrogens is 2. The van der Waals surface area contributed by atoms with Crippen molar-refractivity contribution in [3.05, 3.63) is 47.3 Å². The summed E-state index contributed by atoms with van der Waals surface area (Å²) in [6.07, 6.45) is 3.68. The van der Waals surface area contributed by atoms with Gasteiger partial charge in [-0.15, -0.1) is 0 Å². The predicted molar refractivity (Wildman–Crippen MR) is 115 cm³/mol. The number of likely N-dealkylation sites (tertiary alicyclic amines) is 2. The molecule has 4 heterocycles. The van der Waals surface area contributed by atoms with Crippen LogP contribution in [-0.4, -0.2) is 63.3 Å². The van der Waals surface area contributed by atoms with E-state index < -0.39 is 0 Å². The first-order valence-electron chi connectivity index (χ1n) is 11.1. The summed E-state index contributed by atoms with van der Waals surface area (Å²) in [7, 11) is 0. The van der Waals surface area contributed by atoms with E-state index in [1.165, 1.54) is 0 Å². The molecule has 0 aliphatic carbocycles. The number of H-pyrrole nitrogens is 1. The van der Waals surface area contributed by atoms with Gasteiger partial charge in [0.25, 0.3) is 5.91 Å². The highest BCUT2D eigenvalue weighted by Crippen LogP contribution is 2.32. The largest absolute Gasteiger partial charge is 0.333 e. The molecule has 2 aromatic rings. The standard InChI is InChI=1S/C23H25N5O4/c29-20-8-9-21(30)28(20)14-22(31)26-11-4-3-7-19(26)16-13-17(25-24-16)23(32)27-12-10-15-5-1-2-6-18(15)27/h1-2,5-6,13,19H,3-4,7-12,14H2,(H,24,25). The van der Waals surface area contributed by atoms with Gasteiger partial charge in [-0.05, 0) is 43.4 Å². The topological polar surface area (TPSA) is 107 Å². The molecule has 0 radical (unpaired) electrons. The second-order valence-electron chi connectivity index (χ2n) is 8.52. The van der Waals surface area contributed by atoms with Gasteiger partial charge in [-0.3, -0.25) is 29.2 Å². The Morgan fingerprint density at radius 1 is 1.03 bits per heavy atom. The summed E-state index contributed by atoms with van der Waals surface area (Å²) < 4.78 is 0. The zero-order valence-electron chi connectivity index (χ0n) is 17.7. The molecule has 32 heavy (non-hydrogen) atoms. The number of nitrogens with zero attached hydrogens (tertiary/aromatic N) is 4. The fourth-order valence-electron chi connectivity index (χ4n) is 4.88. The number of carbonyl (C=O) groups is 4. The van der Waals surface area contributed by atoms with Crippen molar-refractivity contribution < 1.29 is 19.2 Å². The minimum absolute atomic E-state index is 0.167. The van der Waals surface area contributed by atoms with E-state index in [9.17, 15) is 19.2 Å². The number of amides is 4. The van der Waals surface area contributed by atoms with Gasteiger partial charge in [-0.25, -0.2) is 0 Å². The Morgan fingerprint density at radius 2 is 1.81 bits per heavy atom. The monoisotopic (exact) mass is 435 g/mol. The zero-order valence-corrected chi connectivity index (χ0v) is 17.7. The summed E-state index contributed by atoms with van der Waals surface area (Å²) in [6, 6.07) is 9.32. The van der Waals surface area contributed by atoms with Crippen LogP contribution in [0.1, 0.15) is 59.9 Å². The molecule has 3 aliphatic heterocycles. The summed E-state index contributed by atoms with van der Waals surface area (Å²) in [5.41, 5.74) is 3.08. The van der Waals surface area contributed by atoms with Crippen LogP contribution in [0, 0.1) is 0 Å². The lowest BCUT2D eigenvalue weighted by Crippen LogP contribution is -2.45. The van der Waals surface area contributed by atoms with Gasteiger partial charge in [0, 0.05) is 31.6 Å². The maximum absolute atomic E-state index is 13.1. The van der Waals surface area contributed by atoms with Crippen molar-refractivity contribution in [1.82, 2.24) is 20.0 Å². The smallest absolute Gasteiger partial charge is 0.278 e. The lowest BCUT2D eigenvalue weighted by molar-refractivity contribution is -0.147. The summed E-state index contributed by atoms with van der Waals surface area (Å²) in [5.74, 6) is -1.01. The molecule has 166 valence electrons. The van der Waals surface area contributed by atoms with E-state index in [0.717, 1.165) is 41.8 Å². The number of benzene rings is 1. The highest BCUT2D eigenvalue weighted by Gasteiger charge is 2.36. The molecule has 5 rings (SSSR count). The average Bonchev–Trinajstić information content (AvgIpc) is 3.54. The quantitative estimate of drug-likeness (QED) is 0.738. The molecule has 0 bridgehead atoms. The van der Waals surface area contributed by atoms with E-state index in [1.54, 1.807) is 15.9 Å². The van der Waals surface area contributed by atoms with Crippen molar-refractivity contribution in [3.63, 3.8) is 0 Å². The van der Waals surface area contributed by atoms with Crippen LogP contribution in [-0.2, 0) is 20.8 Å². The zero-order chi connectivity index (χ0) is 22.2. The van der Waals surface area contributed by atoms with Gasteiger partial charge in [0.05, 0.1) is 11.7 Å². The summed E-state index contributed by atoms with van der Waals surface area (Å²) in [6.45, 7) is 0.937. The van der Waals surface area contributed by atoms with Crippen molar-refractivity contribution in [3.8, 4) is 0 Å². The molecule has 1 N–H and O–H groups in total. The number of nitrogens with one attached hydrogen (secondary N) is 1. The Bertz CT molecular complexity index is 1080. The molecule has 9 nitrogen and oxygen atoms in total. The van der Waals surface area contributed by atoms with Crippen LogP contribution in [0.25, 0.3) is 0 Å². The number of anilines is 1. The molecular weight excluding hydrogens is 410 g/mol. The van der Waals surface area contributed by atoms with Gasteiger partial charge < -0.3 is 9.80 Å². The molecule has 0 spiro atoms. The maximum Gasteiger partial charge on any atom is 0.278 e. The molecule has 1 aromatic heterocycles. The molecule has 4 amide bonds. The number of rotatable bonds is 4. The average molecular weight is 435 g/mol. The van der Waals surface area contributed by atoms with Crippen LogP contribution in [0.3, 0.4) is 0 Å².